The molecule has 1 heterocycles. The molecule has 21 heavy (non-hydrogen) atoms. The Bertz CT molecular complexity index is 724. The van der Waals surface area contributed by atoms with Crippen LogP contribution in [-0.2, 0) is 16.6 Å². The molecule has 2 aromatic rings. The van der Waals surface area contributed by atoms with Gasteiger partial charge in [-0.25, -0.2) is 8.42 Å². The van der Waals surface area contributed by atoms with E-state index in [2.05, 4.69) is 10.0 Å². The summed E-state index contributed by atoms with van der Waals surface area (Å²) in [6.07, 6.45) is 0. The van der Waals surface area contributed by atoms with Gasteiger partial charge in [-0.1, -0.05) is 0 Å². The average Bonchev–Trinajstić information content (AvgIpc) is 2.88. The molecule has 0 saturated carbocycles. The Morgan fingerprint density at radius 3 is 2.67 bits per heavy atom. The zero-order valence-electron chi connectivity index (χ0n) is 12.1. The molecular formula is C14H18N2O3S2. The topological polar surface area (TPSA) is 67.4 Å². The monoisotopic (exact) mass is 326 g/mol. The Morgan fingerprint density at radius 2 is 2.05 bits per heavy atom. The predicted molar refractivity (Wildman–Crippen MR) is 85.6 cm³/mol. The highest BCUT2D eigenvalue weighted by Crippen LogP contribution is 2.26. The molecule has 0 bridgehead atoms. The van der Waals surface area contributed by atoms with Crippen molar-refractivity contribution < 1.29 is 13.2 Å². The number of hydrogen-bond acceptors (Lipinski definition) is 5. The number of methoxy groups -OCH3 is 1. The van der Waals surface area contributed by atoms with Gasteiger partial charge in [0.15, 0.2) is 0 Å². The van der Waals surface area contributed by atoms with Crippen molar-refractivity contribution in [3.05, 3.63) is 40.8 Å². The predicted octanol–water partition coefficient (Wildman–Crippen LogP) is 2.59. The Balaban J connectivity index is 2.22. The van der Waals surface area contributed by atoms with Crippen LogP contribution in [0.2, 0.25) is 0 Å². The fourth-order valence-electron chi connectivity index (χ4n) is 1.94. The lowest BCUT2D eigenvalue weighted by Gasteiger charge is -2.09. The molecule has 5 nitrogen and oxygen atoms in total. The highest BCUT2D eigenvalue weighted by molar-refractivity contribution is 7.94. The second-order valence-electron chi connectivity index (χ2n) is 4.59. The molecule has 2 rings (SSSR count). The van der Waals surface area contributed by atoms with E-state index in [1.54, 1.807) is 31.4 Å². The molecule has 7 heteroatoms. The van der Waals surface area contributed by atoms with Crippen LogP contribution < -0.4 is 14.8 Å². The minimum Gasteiger partial charge on any atom is -0.496 e. The summed E-state index contributed by atoms with van der Waals surface area (Å²) in [5.74, 6) is 0.727. The van der Waals surface area contributed by atoms with E-state index in [9.17, 15) is 8.42 Å². The van der Waals surface area contributed by atoms with Gasteiger partial charge in [-0.3, -0.25) is 4.72 Å². The highest BCUT2D eigenvalue weighted by Gasteiger charge is 2.17. The molecule has 0 fully saturated rings. The lowest BCUT2D eigenvalue weighted by atomic mass is 10.2. The molecule has 0 spiro atoms. The van der Waals surface area contributed by atoms with E-state index in [0.29, 0.717) is 16.4 Å². The number of sulfonamides is 1. The zero-order chi connectivity index (χ0) is 15.5. The van der Waals surface area contributed by atoms with Gasteiger partial charge < -0.3 is 10.1 Å². The number of hydrogen-bond donors (Lipinski definition) is 2. The lowest BCUT2D eigenvalue weighted by Crippen LogP contribution is -2.12. The molecule has 0 saturated heterocycles. The smallest absolute Gasteiger partial charge is 0.271 e. The van der Waals surface area contributed by atoms with Gasteiger partial charge in [0.25, 0.3) is 10.0 Å². The average molecular weight is 326 g/mol. The summed E-state index contributed by atoms with van der Waals surface area (Å²) in [5, 5.41) is 4.83. The summed E-state index contributed by atoms with van der Waals surface area (Å²) >= 11 is 1.21. The van der Waals surface area contributed by atoms with Gasteiger partial charge in [-0.05, 0) is 54.7 Å². The van der Waals surface area contributed by atoms with E-state index >= 15 is 0 Å². The molecule has 0 aliphatic heterocycles. The second-order valence-corrected chi connectivity index (χ2v) is 7.41. The van der Waals surface area contributed by atoms with E-state index in [1.165, 1.54) is 11.3 Å². The van der Waals surface area contributed by atoms with Crippen molar-refractivity contribution in [2.24, 2.45) is 0 Å². The van der Waals surface area contributed by atoms with Crippen LogP contribution in [0.15, 0.2) is 33.9 Å². The number of anilines is 1. The molecule has 0 aliphatic rings. The van der Waals surface area contributed by atoms with Gasteiger partial charge in [0.1, 0.15) is 9.96 Å². The maximum absolute atomic E-state index is 12.3. The Hall–Kier alpha value is -1.57. The first-order valence-corrected chi connectivity index (χ1v) is 8.72. The van der Waals surface area contributed by atoms with E-state index < -0.39 is 10.0 Å². The minimum absolute atomic E-state index is 0.307. The zero-order valence-corrected chi connectivity index (χ0v) is 13.8. The SMILES string of the molecule is CNCc1csc(S(=O)(=O)Nc2ccc(OC)c(C)c2)c1. The third-order valence-corrected chi connectivity index (χ3v) is 5.79. The van der Waals surface area contributed by atoms with E-state index in [0.717, 1.165) is 16.9 Å². The molecule has 0 atom stereocenters. The summed E-state index contributed by atoms with van der Waals surface area (Å²) in [5.41, 5.74) is 2.35. The van der Waals surface area contributed by atoms with Crippen molar-refractivity contribution in [3.63, 3.8) is 0 Å². The number of nitrogens with one attached hydrogen (secondary N) is 2. The van der Waals surface area contributed by atoms with Crippen LogP contribution in [0, 0.1) is 6.92 Å². The largest absolute Gasteiger partial charge is 0.496 e. The number of aryl methyl sites for hydroxylation is 1. The summed E-state index contributed by atoms with van der Waals surface area (Å²) < 4.78 is 32.7. The fourth-order valence-corrected chi connectivity index (χ4v) is 4.20. The van der Waals surface area contributed by atoms with Crippen LogP contribution >= 0.6 is 11.3 Å². The van der Waals surface area contributed by atoms with Crippen molar-refractivity contribution in [1.29, 1.82) is 0 Å². The summed E-state index contributed by atoms with van der Waals surface area (Å²) in [7, 11) is -0.139. The molecule has 0 radical (unpaired) electrons. The van der Waals surface area contributed by atoms with E-state index in [-0.39, 0.29) is 0 Å². The Morgan fingerprint density at radius 1 is 1.29 bits per heavy atom. The van der Waals surface area contributed by atoms with Crippen LogP contribution in [0.5, 0.6) is 5.75 Å². The number of thiophene rings is 1. The Kier molecular flexibility index (Phi) is 4.87. The maximum atomic E-state index is 12.3. The molecule has 0 unspecified atom stereocenters. The van der Waals surface area contributed by atoms with Gasteiger partial charge in [0.05, 0.1) is 7.11 Å². The number of benzene rings is 1. The normalized spacial score (nSPS) is 11.4. The molecule has 114 valence electrons. The van der Waals surface area contributed by atoms with E-state index in [4.69, 9.17) is 4.74 Å². The minimum atomic E-state index is -3.55. The van der Waals surface area contributed by atoms with Crippen molar-refractivity contribution >= 4 is 27.0 Å². The van der Waals surface area contributed by atoms with Gasteiger partial charge >= 0.3 is 0 Å². The molecule has 0 amide bonds. The van der Waals surface area contributed by atoms with Gasteiger partial charge in [0, 0.05) is 12.2 Å². The standard InChI is InChI=1S/C14H18N2O3S2/c1-10-6-12(4-5-13(10)19-3)16-21(17,18)14-7-11(8-15-2)9-20-14/h4-7,9,15-16H,8H2,1-3H3. The molecule has 1 aromatic heterocycles. The molecule has 2 N–H and O–H groups in total. The van der Waals surface area contributed by atoms with Crippen molar-refractivity contribution in [2.45, 2.75) is 17.7 Å². The van der Waals surface area contributed by atoms with Crippen LogP contribution in [0.25, 0.3) is 0 Å². The second kappa shape index (κ2) is 6.46. The summed E-state index contributed by atoms with van der Waals surface area (Å²) in [6, 6.07) is 6.86. The number of ether oxygens (including phenoxy) is 1. The van der Waals surface area contributed by atoms with E-state index in [1.807, 2.05) is 19.4 Å². The van der Waals surface area contributed by atoms with Crippen LogP contribution in [0.1, 0.15) is 11.1 Å². The van der Waals surface area contributed by atoms with Crippen molar-refractivity contribution in [1.82, 2.24) is 5.32 Å². The maximum Gasteiger partial charge on any atom is 0.271 e. The van der Waals surface area contributed by atoms with Crippen LogP contribution in [0.3, 0.4) is 0 Å². The summed E-state index contributed by atoms with van der Waals surface area (Å²) in [6.45, 7) is 2.51. The fraction of sp³-hybridized carbons (Fsp3) is 0.286. The molecular weight excluding hydrogens is 308 g/mol. The first-order valence-electron chi connectivity index (χ1n) is 6.35. The quantitative estimate of drug-likeness (QED) is 0.856. The molecule has 0 aliphatic carbocycles. The van der Waals surface area contributed by atoms with Crippen LogP contribution in [-0.4, -0.2) is 22.6 Å². The van der Waals surface area contributed by atoms with Gasteiger partial charge in [-0.2, -0.15) is 0 Å². The number of rotatable bonds is 6. The molecule has 1 aromatic carbocycles. The third-order valence-electron chi connectivity index (χ3n) is 2.92. The van der Waals surface area contributed by atoms with Gasteiger partial charge in [0.2, 0.25) is 0 Å². The van der Waals surface area contributed by atoms with Crippen molar-refractivity contribution in [3.8, 4) is 5.75 Å². The van der Waals surface area contributed by atoms with Gasteiger partial charge in [-0.15, -0.1) is 11.3 Å². The van der Waals surface area contributed by atoms with Crippen LogP contribution in [0.4, 0.5) is 5.69 Å². The highest BCUT2D eigenvalue weighted by atomic mass is 32.2. The van der Waals surface area contributed by atoms with Crippen molar-refractivity contribution in [2.75, 3.05) is 18.9 Å². The Labute approximate surface area is 129 Å². The lowest BCUT2D eigenvalue weighted by molar-refractivity contribution is 0.412. The first-order chi connectivity index (χ1) is 9.96. The summed E-state index contributed by atoms with van der Waals surface area (Å²) in [4.78, 5) is 0. The third kappa shape index (κ3) is 3.75. The first kappa shape index (κ1) is 15.8.